The number of aromatic hydroxyl groups is 1. The van der Waals surface area contributed by atoms with E-state index in [1.807, 2.05) is 16.7 Å². The van der Waals surface area contributed by atoms with E-state index in [0.717, 1.165) is 25.2 Å². The molecular weight excluding hydrogens is 472 g/mol. The molecule has 188 valence electrons. The van der Waals surface area contributed by atoms with Gasteiger partial charge in [-0.15, -0.1) is 0 Å². The van der Waals surface area contributed by atoms with E-state index in [9.17, 15) is 19.5 Å². The molecule has 1 saturated heterocycles. The number of hydrogen-bond donors (Lipinski definition) is 1. The summed E-state index contributed by atoms with van der Waals surface area (Å²) in [6, 6.07) is 15.3. The number of methoxy groups -OCH3 is 1. The van der Waals surface area contributed by atoms with Gasteiger partial charge < -0.3 is 19.1 Å². The van der Waals surface area contributed by atoms with Crippen molar-refractivity contribution >= 4 is 17.8 Å². The van der Waals surface area contributed by atoms with Crippen LogP contribution in [0.25, 0.3) is 6.08 Å². The lowest BCUT2D eigenvalue weighted by Gasteiger charge is -2.42. The van der Waals surface area contributed by atoms with Crippen LogP contribution in [0.1, 0.15) is 49.9 Å². The summed E-state index contributed by atoms with van der Waals surface area (Å²) in [4.78, 5) is 39.4. The normalized spacial score (nSPS) is 21.3. The molecule has 6 rings (SSSR count). The second-order valence-corrected chi connectivity index (χ2v) is 9.89. The first-order chi connectivity index (χ1) is 17.9. The lowest BCUT2D eigenvalue weighted by molar-refractivity contribution is 0.0600. The molecule has 3 aliphatic heterocycles. The molecule has 8 heteroatoms. The van der Waals surface area contributed by atoms with Crippen LogP contribution in [0.4, 0.5) is 0 Å². The first-order valence-electron chi connectivity index (χ1n) is 12.3. The molecule has 3 aliphatic rings. The average Bonchev–Trinajstić information content (AvgIpc) is 3.21. The number of carbonyl (C=O) groups excluding carboxylic acids is 2. The van der Waals surface area contributed by atoms with Gasteiger partial charge in [0.1, 0.15) is 11.5 Å². The maximum atomic E-state index is 13.1. The number of ether oxygens (including phenoxy) is 2. The number of aromatic nitrogens is 1. The summed E-state index contributed by atoms with van der Waals surface area (Å²) in [5.74, 6) is 0.533. The molecule has 1 N–H and O–H groups in total. The Balaban J connectivity index is 1.25. The number of likely N-dealkylation sites (tertiary alicyclic amines) is 1. The fourth-order valence-corrected chi connectivity index (χ4v) is 5.78. The van der Waals surface area contributed by atoms with Crippen molar-refractivity contribution in [3.63, 3.8) is 0 Å². The zero-order valence-electron chi connectivity index (χ0n) is 20.3. The highest BCUT2D eigenvalue weighted by Gasteiger charge is 2.36. The number of Topliss-reactive ketones (excluding diaryl/α,β-unsaturated/α-hetero) is 1. The van der Waals surface area contributed by atoms with Crippen LogP contribution in [0.3, 0.4) is 0 Å². The predicted octanol–water partition coefficient (Wildman–Crippen LogP) is 3.58. The standard InChI is InChI=1S/C29H26N2O6/c1-36-29(35)19-7-5-17(6-8-19)12-25-27(34)21-9-10-24(32)22(28(21)37-25)16-30-13-18-11-20(15-30)23-3-2-4-26(33)31(23)14-18/h2-10,12,18,20,32H,11,13-16H2,1H3/t18-,20-/m0/s1. The third-order valence-corrected chi connectivity index (χ3v) is 7.48. The van der Waals surface area contributed by atoms with E-state index in [0.29, 0.717) is 47.0 Å². The molecule has 1 aromatic heterocycles. The molecule has 0 spiro atoms. The Kier molecular flexibility index (Phi) is 5.68. The number of phenols is 1. The van der Waals surface area contributed by atoms with E-state index in [1.54, 1.807) is 48.5 Å². The smallest absolute Gasteiger partial charge is 0.337 e. The molecule has 2 atom stereocenters. The fourth-order valence-electron chi connectivity index (χ4n) is 5.78. The Labute approximate surface area is 213 Å². The first-order valence-corrected chi connectivity index (χ1v) is 12.3. The van der Waals surface area contributed by atoms with E-state index in [2.05, 4.69) is 4.90 Å². The number of benzene rings is 2. The molecule has 37 heavy (non-hydrogen) atoms. The first kappa shape index (κ1) is 23.2. The fraction of sp³-hybridized carbons (Fsp3) is 0.276. The van der Waals surface area contributed by atoms with Gasteiger partial charge in [-0.05, 0) is 54.3 Å². The maximum Gasteiger partial charge on any atom is 0.337 e. The number of allylic oxidation sites excluding steroid dienone is 1. The highest BCUT2D eigenvalue weighted by atomic mass is 16.5. The third kappa shape index (κ3) is 4.13. The van der Waals surface area contributed by atoms with Gasteiger partial charge in [0.25, 0.3) is 5.56 Å². The molecule has 3 aromatic rings. The van der Waals surface area contributed by atoms with Crippen LogP contribution in [0.2, 0.25) is 0 Å². The number of nitrogens with zero attached hydrogens (tertiary/aromatic N) is 2. The Morgan fingerprint density at radius 1 is 1.08 bits per heavy atom. The van der Waals surface area contributed by atoms with Gasteiger partial charge in [-0.3, -0.25) is 14.5 Å². The number of rotatable bonds is 4. The van der Waals surface area contributed by atoms with Crippen molar-refractivity contribution in [3.05, 3.63) is 98.7 Å². The number of phenolic OH excluding ortho intramolecular Hbond substituents is 1. The van der Waals surface area contributed by atoms with E-state index in [1.165, 1.54) is 7.11 Å². The van der Waals surface area contributed by atoms with Gasteiger partial charge in [-0.25, -0.2) is 4.79 Å². The Hall–Kier alpha value is -4.17. The molecular formula is C29H26N2O6. The summed E-state index contributed by atoms with van der Waals surface area (Å²) in [6.07, 6.45) is 2.67. The summed E-state index contributed by atoms with van der Waals surface area (Å²) < 4.78 is 12.6. The molecule has 0 aliphatic carbocycles. The monoisotopic (exact) mass is 498 g/mol. The molecule has 4 heterocycles. The number of esters is 1. The summed E-state index contributed by atoms with van der Waals surface area (Å²) in [5, 5.41) is 10.7. The van der Waals surface area contributed by atoms with Crippen molar-refractivity contribution < 1.29 is 24.2 Å². The minimum atomic E-state index is -0.433. The maximum absolute atomic E-state index is 13.1. The van der Waals surface area contributed by atoms with Gasteiger partial charge in [0.15, 0.2) is 5.76 Å². The number of carbonyl (C=O) groups is 2. The zero-order chi connectivity index (χ0) is 25.7. The highest BCUT2D eigenvalue weighted by molar-refractivity contribution is 6.15. The van der Waals surface area contributed by atoms with E-state index < -0.39 is 5.97 Å². The topological polar surface area (TPSA) is 98.1 Å². The van der Waals surface area contributed by atoms with Crippen LogP contribution >= 0.6 is 0 Å². The molecule has 0 unspecified atom stereocenters. The molecule has 0 radical (unpaired) electrons. The second kappa shape index (κ2) is 9.05. The molecule has 8 nitrogen and oxygen atoms in total. The van der Waals surface area contributed by atoms with E-state index in [4.69, 9.17) is 9.47 Å². The molecule has 2 bridgehead atoms. The predicted molar refractivity (Wildman–Crippen MR) is 136 cm³/mol. The Morgan fingerprint density at radius 2 is 1.89 bits per heavy atom. The molecule has 0 saturated carbocycles. The number of pyridine rings is 1. The number of ketones is 1. The number of hydrogen-bond acceptors (Lipinski definition) is 7. The summed E-state index contributed by atoms with van der Waals surface area (Å²) in [7, 11) is 1.32. The highest BCUT2D eigenvalue weighted by Crippen LogP contribution is 2.42. The van der Waals surface area contributed by atoms with Crippen molar-refractivity contribution in [2.45, 2.75) is 25.4 Å². The number of piperidine rings is 1. The lowest BCUT2D eigenvalue weighted by atomic mass is 9.83. The van der Waals surface area contributed by atoms with Crippen LogP contribution in [0.15, 0.2) is 65.2 Å². The lowest BCUT2D eigenvalue weighted by Crippen LogP contribution is -2.46. The van der Waals surface area contributed by atoms with Crippen molar-refractivity contribution in [3.8, 4) is 11.5 Å². The van der Waals surface area contributed by atoms with Crippen LogP contribution in [-0.4, -0.2) is 46.5 Å². The Morgan fingerprint density at radius 3 is 2.68 bits per heavy atom. The van der Waals surface area contributed by atoms with Crippen LogP contribution in [-0.2, 0) is 17.8 Å². The Bertz CT molecular complexity index is 1500. The minimum absolute atomic E-state index is 0.0466. The van der Waals surface area contributed by atoms with Crippen LogP contribution in [0, 0.1) is 5.92 Å². The molecule has 2 aromatic carbocycles. The van der Waals surface area contributed by atoms with Crippen LogP contribution in [0.5, 0.6) is 11.5 Å². The van der Waals surface area contributed by atoms with Crippen molar-refractivity contribution in [2.24, 2.45) is 5.92 Å². The largest absolute Gasteiger partial charge is 0.507 e. The van der Waals surface area contributed by atoms with Gasteiger partial charge in [0, 0.05) is 43.9 Å². The average molecular weight is 499 g/mol. The number of fused-ring (bicyclic) bond motifs is 5. The molecule has 0 amide bonds. The van der Waals surface area contributed by atoms with Crippen LogP contribution < -0.4 is 10.3 Å². The summed E-state index contributed by atoms with van der Waals surface area (Å²) in [5.41, 5.74) is 3.22. The van der Waals surface area contributed by atoms with Gasteiger partial charge in [0.05, 0.1) is 23.8 Å². The van der Waals surface area contributed by atoms with Gasteiger partial charge in [-0.2, -0.15) is 0 Å². The van der Waals surface area contributed by atoms with Gasteiger partial charge >= 0.3 is 5.97 Å². The third-order valence-electron chi connectivity index (χ3n) is 7.48. The van der Waals surface area contributed by atoms with Crippen molar-refractivity contribution in [1.82, 2.24) is 9.47 Å². The summed E-state index contributed by atoms with van der Waals surface area (Å²) in [6.45, 7) is 2.68. The van der Waals surface area contributed by atoms with E-state index in [-0.39, 0.29) is 28.8 Å². The molecule has 1 fully saturated rings. The van der Waals surface area contributed by atoms with Gasteiger partial charge in [0.2, 0.25) is 5.78 Å². The SMILES string of the molecule is COC(=O)c1ccc(C=C2Oc3c(ccc(O)c3CN3C[C@@H]4C[C@@H](C3)c3cccc(=O)n3C4)C2=O)cc1. The van der Waals surface area contributed by atoms with Crippen molar-refractivity contribution in [1.29, 1.82) is 0 Å². The zero-order valence-corrected chi connectivity index (χ0v) is 20.3. The van der Waals surface area contributed by atoms with Gasteiger partial charge in [-0.1, -0.05) is 18.2 Å². The second-order valence-electron chi connectivity index (χ2n) is 9.89. The summed E-state index contributed by atoms with van der Waals surface area (Å²) >= 11 is 0. The quantitative estimate of drug-likeness (QED) is 0.434. The van der Waals surface area contributed by atoms with Crippen molar-refractivity contribution in [2.75, 3.05) is 20.2 Å². The van der Waals surface area contributed by atoms with E-state index >= 15 is 0 Å². The minimum Gasteiger partial charge on any atom is -0.507 e.